The van der Waals surface area contributed by atoms with Crippen molar-refractivity contribution in [1.82, 2.24) is 10.2 Å². The third kappa shape index (κ3) is 2.38. The number of hydrogen-bond donors (Lipinski definition) is 1. The number of carbonyl (C=O) groups excluding carboxylic acids is 1. The minimum atomic E-state index is -0.146. The number of carbonyl (C=O) groups is 1. The predicted octanol–water partition coefficient (Wildman–Crippen LogP) is 2.70. The number of aromatic nitrogens is 2. The van der Waals surface area contributed by atoms with Crippen molar-refractivity contribution in [2.75, 3.05) is 5.32 Å². The average molecular weight is 345 g/mol. The van der Waals surface area contributed by atoms with Gasteiger partial charge in [-0.3, -0.25) is 10.1 Å². The molecule has 4 nitrogen and oxygen atoms in total. The van der Waals surface area contributed by atoms with E-state index in [0.29, 0.717) is 10.7 Å². The lowest BCUT2D eigenvalue weighted by Gasteiger charge is -2.06. The first kappa shape index (κ1) is 11.5. The number of anilines is 1. The van der Waals surface area contributed by atoms with Crippen molar-refractivity contribution >= 4 is 45.0 Å². The van der Waals surface area contributed by atoms with Crippen LogP contribution in [-0.4, -0.2) is 16.1 Å². The molecule has 2 rings (SSSR count). The molecule has 0 radical (unpaired) electrons. The lowest BCUT2D eigenvalue weighted by molar-refractivity contribution is 0.102. The third-order valence-corrected chi connectivity index (χ3v) is 3.87. The zero-order chi connectivity index (χ0) is 11.5. The third-order valence-electron chi connectivity index (χ3n) is 2.09. The Morgan fingerprint density at radius 3 is 3.00 bits per heavy atom. The van der Waals surface area contributed by atoms with Crippen LogP contribution in [0.2, 0.25) is 0 Å². The van der Waals surface area contributed by atoms with Crippen molar-refractivity contribution in [3.63, 3.8) is 0 Å². The lowest BCUT2D eigenvalue weighted by Crippen LogP contribution is -2.13. The van der Waals surface area contributed by atoms with Crippen molar-refractivity contribution in [2.24, 2.45) is 0 Å². The molecule has 1 amide bonds. The summed E-state index contributed by atoms with van der Waals surface area (Å²) < 4.78 is 1.07. The van der Waals surface area contributed by atoms with Gasteiger partial charge in [-0.15, -0.1) is 10.2 Å². The summed E-state index contributed by atoms with van der Waals surface area (Å²) in [5.74, 6) is -0.146. The van der Waals surface area contributed by atoms with Crippen LogP contribution in [0.15, 0.2) is 23.7 Å². The fraction of sp³-hybridized carbons (Fsp3) is 0.100. The molecule has 2 aromatic rings. The van der Waals surface area contributed by atoms with Gasteiger partial charge in [-0.05, 0) is 47.2 Å². The zero-order valence-electron chi connectivity index (χ0n) is 8.40. The van der Waals surface area contributed by atoms with E-state index in [1.807, 2.05) is 19.1 Å². The molecule has 1 N–H and O–H groups in total. The molecule has 0 saturated heterocycles. The standard InChI is InChI=1S/C10H8IN3OS/c1-6-7(3-2-4-8(6)11)9(15)13-10-14-12-5-16-10/h2-5H,1H3,(H,13,14,15). The first-order valence-electron chi connectivity index (χ1n) is 4.51. The van der Waals surface area contributed by atoms with Gasteiger partial charge < -0.3 is 0 Å². The molecular weight excluding hydrogens is 337 g/mol. The smallest absolute Gasteiger partial charge is 0.257 e. The van der Waals surface area contributed by atoms with Gasteiger partial charge in [-0.2, -0.15) is 0 Å². The van der Waals surface area contributed by atoms with Crippen LogP contribution in [0.4, 0.5) is 5.13 Å². The number of hydrogen-bond acceptors (Lipinski definition) is 4. The second-order valence-electron chi connectivity index (χ2n) is 3.11. The lowest BCUT2D eigenvalue weighted by atomic mass is 10.1. The largest absolute Gasteiger partial charge is 0.296 e. The van der Waals surface area contributed by atoms with Crippen LogP contribution in [-0.2, 0) is 0 Å². The number of halogens is 1. The van der Waals surface area contributed by atoms with E-state index >= 15 is 0 Å². The Morgan fingerprint density at radius 1 is 1.50 bits per heavy atom. The van der Waals surface area contributed by atoms with Gasteiger partial charge in [0.15, 0.2) is 0 Å². The topological polar surface area (TPSA) is 54.9 Å². The first-order valence-corrected chi connectivity index (χ1v) is 6.47. The van der Waals surface area contributed by atoms with Gasteiger partial charge >= 0.3 is 0 Å². The summed E-state index contributed by atoms with van der Waals surface area (Å²) in [4.78, 5) is 11.9. The Kier molecular flexibility index (Phi) is 3.49. The van der Waals surface area contributed by atoms with Crippen LogP contribution in [0.1, 0.15) is 15.9 Å². The van der Waals surface area contributed by atoms with Crippen LogP contribution >= 0.6 is 33.9 Å². The van der Waals surface area contributed by atoms with E-state index in [0.717, 1.165) is 9.13 Å². The van der Waals surface area contributed by atoms with Crippen molar-refractivity contribution in [3.8, 4) is 0 Å². The van der Waals surface area contributed by atoms with Crippen molar-refractivity contribution in [1.29, 1.82) is 0 Å². The van der Waals surface area contributed by atoms with Gasteiger partial charge in [-0.25, -0.2) is 0 Å². The van der Waals surface area contributed by atoms with E-state index in [1.54, 1.807) is 11.6 Å². The highest BCUT2D eigenvalue weighted by molar-refractivity contribution is 14.1. The second-order valence-corrected chi connectivity index (χ2v) is 5.11. The highest BCUT2D eigenvalue weighted by Crippen LogP contribution is 2.17. The van der Waals surface area contributed by atoms with Crippen molar-refractivity contribution in [2.45, 2.75) is 6.92 Å². The van der Waals surface area contributed by atoms with E-state index in [-0.39, 0.29) is 5.91 Å². The molecule has 6 heteroatoms. The summed E-state index contributed by atoms with van der Waals surface area (Å²) >= 11 is 3.51. The quantitative estimate of drug-likeness (QED) is 0.852. The minimum absolute atomic E-state index is 0.146. The van der Waals surface area contributed by atoms with Crippen LogP contribution < -0.4 is 5.32 Å². The maximum Gasteiger partial charge on any atom is 0.257 e. The highest BCUT2D eigenvalue weighted by Gasteiger charge is 2.11. The fourth-order valence-corrected chi connectivity index (χ4v) is 2.18. The second kappa shape index (κ2) is 4.88. The summed E-state index contributed by atoms with van der Waals surface area (Å²) in [6.07, 6.45) is 0. The summed E-state index contributed by atoms with van der Waals surface area (Å²) in [7, 11) is 0. The van der Waals surface area contributed by atoms with Crippen LogP contribution in [0.3, 0.4) is 0 Å². The molecule has 82 valence electrons. The summed E-state index contributed by atoms with van der Waals surface area (Å²) in [5, 5.41) is 10.7. The molecule has 0 saturated carbocycles. The molecule has 0 bridgehead atoms. The number of rotatable bonds is 2. The Morgan fingerprint density at radius 2 is 2.31 bits per heavy atom. The Hall–Kier alpha value is -1.02. The maximum atomic E-state index is 11.9. The molecule has 0 spiro atoms. The van der Waals surface area contributed by atoms with Crippen LogP contribution in [0.25, 0.3) is 0 Å². The van der Waals surface area contributed by atoms with E-state index in [4.69, 9.17) is 0 Å². The molecule has 1 aromatic carbocycles. The van der Waals surface area contributed by atoms with E-state index in [1.165, 1.54) is 11.3 Å². The molecule has 0 atom stereocenters. The molecule has 0 aliphatic carbocycles. The number of nitrogens with one attached hydrogen (secondary N) is 1. The summed E-state index contributed by atoms with van der Waals surface area (Å²) in [6.45, 7) is 1.93. The van der Waals surface area contributed by atoms with Gasteiger partial charge in [0.25, 0.3) is 5.91 Å². The fourth-order valence-electron chi connectivity index (χ4n) is 1.25. The average Bonchev–Trinajstić information content (AvgIpc) is 2.74. The Bertz CT molecular complexity index is 513. The molecular formula is C10H8IN3OS. The van der Waals surface area contributed by atoms with Gasteiger partial charge in [0, 0.05) is 9.13 Å². The normalized spacial score (nSPS) is 10.1. The van der Waals surface area contributed by atoms with Crippen molar-refractivity contribution < 1.29 is 4.79 Å². The van der Waals surface area contributed by atoms with Gasteiger partial charge in [-0.1, -0.05) is 17.4 Å². The number of nitrogens with zero attached hydrogens (tertiary/aromatic N) is 2. The van der Waals surface area contributed by atoms with Crippen LogP contribution in [0, 0.1) is 10.5 Å². The monoisotopic (exact) mass is 345 g/mol. The predicted molar refractivity (Wildman–Crippen MR) is 71.8 cm³/mol. The first-order chi connectivity index (χ1) is 7.68. The van der Waals surface area contributed by atoms with Gasteiger partial charge in [0.05, 0.1) is 0 Å². The van der Waals surface area contributed by atoms with E-state index < -0.39 is 0 Å². The summed E-state index contributed by atoms with van der Waals surface area (Å²) in [5.41, 5.74) is 3.23. The Balaban J connectivity index is 2.24. The zero-order valence-corrected chi connectivity index (χ0v) is 11.4. The minimum Gasteiger partial charge on any atom is -0.296 e. The highest BCUT2D eigenvalue weighted by atomic mass is 127. The number of benzene rings is 1. The van der Waals surface area contributed by atoms with Gasteiger partial charge in [0.2, 0.25) is 5.13 Å². The van der Waals surface area contributed by atoms with Crippen LogP contribution in [0.5, 0.6) is 0 Å². The van der Waals surface area contributed by atoms with E-state index in [2.05, 4.69) is 38.1 Å². The molecule has 0 unspecified atom stereocenters. The molecule has 0 aliphatic heterocycles. The SMILES string of the molecule is Cc1c(I)cccc1C(=O)Nc1nncs1. The van der Waals surface area contributed by atoms with Crippen molar-refractivity contribution in [3.05, 3.63) is 38.4 Å². The molecule has 0 fully saturated rings. The molecule has 1 aromatic heterocycles. The van der Waals surface area contributed by atoms with E-state index in [9.17, 15) is 4.79 Å². The molecule has 16 heavy (non-hydrogen) atoms. The molecule has 1 heterocycles. The number of amides is 1. The van der Waals surface area contributed by atoms with Gasteiger partial charge in [0.1, 0.15) is 5.51 Å². The Labute approximate surface area is 110 Å². The molecule has 0 aliphatic rings. The summed E-state index contributed by atoms with van der Waals surface area (Å²) in [6, 6.07) is 5.63. The maximum absolute atomic E-state index is 11.9.